The summed E-state index contributed by atoms with van der Waals surface area (Å²) in [7, 11) is 1.30. The van der Waals surface area contributed by atoms with Crippen LogP contribution in [-0.2, 0) is 46.1 Å². The fraction of sp³-hybridized carbons (Fsp3) is 0.325. The number of carbonyl (C=O) groups is 3. The Morgan fingerprint density at radius 3 is 1.78 bits per heavy atom. The molecule has 0 unspecified atom stereocenters. The Bertz CT molecular complexity index is 2000. The van der Waals surface area contributed by atoms with Gasteiger partial charge < -0.3 is 37.6 Å². The first-order chi connectivity index (χ1) is 26.3. The average molecular weight is 740 g/mol. The molecule has 0 bridgehead atoms. The van der Waals surface area contributed by atoms with Gasteiger partial charge in [-0.2, -0.15) is 0 Å². The number of aromatic nitrogens is 2. The Morgan fingerprint density at radius 2 is 1.28 bits per heavy atom. The van der Waals surface area contributed by atoms with Crippen LogP contribution < -0.4 is 5.32 Å². The lowest BCUT2D eigenvalue weighted by atomic mass is 9.96. The Kier molecular flexibility index (Phi) is 12.5. The molecule has 282 valence electrons. The number of esters is 2. The summed E-state index contributed by atoms with van der Waals surface area (Å²) in [5.74, 6) is -2.61. The number of ether oxygens (including phenoxy) is 5. The molecular weight excluding hydrogens is 698 g/mol. The third kappa shape index (κ3) is 9.02. The zero-order valence-electron chi connectivity index (χ0n) is 29.6. The summed E-state index contributed by atoms with van der Waals surface area (Å²) < 4.78 is 41.3. The van der Waals surface area contributed by atoms with E-state index in [2.05, 4.69) is 28.4 Å². The van der Waals surface area contributed by atoms with Crippen LogP contribution in [0.25, 0.3) is 22.2 Å². The minimum Gasteiger partial charge on any atom is -0.454 e. The molecule has 14 heteroatoms. The summed E-state index contributed by atoms with van der Waals surface area (Å²) >= 11 is 0. The van der Waals surface area contributed by atoms with Crippen LogP contribution in [0.2, 0.25) is 0 Å². The molecule has 14 nitrogen and oxygen atoms in total. The van der Waals surface area contributed by atoms with Gasteiger partial charge in [0, 0.05) is 25.6 Å². The Labute approximate surface area is 310 Å². The molecule has 2 N–H and O–H groups in total. The number of aliphatic hydroxyl groups is 1. The average Bonchev–Trinajstić information content (AvgIpc) is 3.79. The molecule has 0 saturated carbocycles. The number of amides is 1. The first-order valence-corrected chi connectivity index (χ1v) is 17.4. The molecule has 0 radical (unpaired) electrons. The van der Waals surface area contributed by atoms with Crippen molar-refractivity contribution < 1.29 is 52.0 Å². The summed E-state index contributed by atoms with van der Waals surface area (Å²) in [5, 5.41) is 13.0. The molecule has 6 rings (SSSR count). The summed E-state index contributed by atoms with van der Waals surface area (Å²) in [6, 6.07) is 22.9. The molecular formula is C40H41N3O11. The number of rotatable bonds is 16. The van der Waals surface area contributed by atoms with E-state index in [1.807, 2.05) is 24.3 Å². The second kappa shape index (κ2) is 17.8. The smallest absolute Gasteiger partial charge is 0.412 e. The van der Waals surface area contributed by atoms with Crippen LogP contribution in [-0.4, -0.2) is 77.5 Å². The molecule has 54 heavy (non-hydrogen) atoms. The zero-order valence-corrected chi connectivity index (χ0v) is 29.6. The highest BCUT2D eigenvalue weighted by Crippen LogP contribution is 2.32. The lowest BCUT2D eigenvalue weighted by Crippen LogP contribution is -2.63. The number of benzene rings is 3. The van der Waals surface area contributed by atoms with Gasteiger partial charge in [-0.15, -0.1) is 13.2 Å². The lowest BCUT2D eigenvalue weighted by Gasteiger charge is -2.44. The molecule has 1 saturated heterocycles. The van der Waals surface area contributed by atoms with E-state index in [0.29, 0.717) is 39.7 Å². The van der Waals surface area contributed by atoms with E-state index >= 15 is 0 Å². The van der Waals surface area contributed by atoms with Gasteiger partial charge in [-0.3, -0.25) is 14.9 Å². The molecule has 3 aromatic carbocycles. The first-order valence-electron chi connectivity index (χ1n) is 17.4. The Morgan fingerprint density at radius 1 is 0.759 bits per heavy atom. The highest BCUT2D eigenvalue weighted by atomic mass is 16.7. The molecule has 1 amide bonds. The number of methoxy groups -OCH3 is 1. The Balaban J connectivity index is 1.30. The van der Waals surface area contributed by atoms with Gasteiger partial charge in [0.15, 0.2) is 47.5 Å². The number of hydrogen-bond acceptors (Lipinski definition) is 13. The van der Waals surface area contributed by atoms with Gasteiger partial charge in [0.25, 0.3) is 0 Å². The number of carbonyl (C=O) groups excluding carboxylic acids is 3. The lowest BCUT2D eigenvalue weighted by molar-refractivity contribution is -0.300. The number of hydrogen-bond donors (Lipinski definition) is 2. The summed E-state index contributed by atoms with van der Waals surface area (Å²) in [4.78, 5) is 50.4. The fourth-order valence-electron chi connectivity index (χ4n) is 6.23. The maximum atomic E-state index is 14.1. The highest BCUT2D eigenvalue weighted by molar-refractivity contribution is 5.84. The number of anilines is 1. The minimum atomic E-state index is -1.52. The maximum Gasteiger partial charge on any atom is 0.412 e. The molecule has 2 aromatic heterocycles. The standard InChI is InChI=1S/C40H41N3O11/c1-4-13-24(21-32-42-27-17-9-11-19-29(27)49-32)37(45)52-35-34(54-40(47)41-26-15-7-6-8-16-26)31(23-44)51-39(48-3)36(35)53-38(46)25(14-5-2)22-33-43-28-18-10-12-20-30(28)50-33/h4-12,15-20,24-25,31,34-36,39,44H,1-2,13-14,21-23H2,3H3,(H,41,47)/t24-,25-,31-,34+,35+,36-,39+/m1/s1. The minimum absolute atomic E-state index is 0.0380. The van der Waals surface area contributed by atoms with E-state index in [-0.39, 0.29) is 25.7 Å². The largest absolute Gasteiger partial charge is 0.454 e. The van der Waals surface area contributed by atoms with E-state index in [9.17, 15) is 19.5 Å². The van der Waals surface area contributed by atoms with Crippen LogP contribution >= 0.6 is 0 Å². The second-order valence-electron chi connectivity index (χ2n) is 12.6. The van der Waals surface area contributed by atoms with Crippen LogP contribution in [0.3, 0.4) is 0 Å². The van der Waals surface area contributed by atoms with Crippen molar-refractivity contribution in [3.63, 3.8) is 0 Å². The molecule has 1 fully saturated rings. The van der Waals surface area contributed by atoms with Crippen molar-refractivity contribution in [2.75, 3.05) is 19.0 Å². The zero-order chi connectivity index (χ0) is 38.0. The van der Waals surface area contributed by atoms with Crippen LogP contribution in [0.5, 0.6) is 0 Å². The van der Waals surface area contributed by atoms with Crippen LogP contribution in [0.15, 0.2) is 113 Å². The number of fused-ring (bicyclic) bond motifs is 2. The van der Waals surface area contributed by atoms with Gasteiger partial charge in [-0.25, -0.2) is 14.8 Å². The van der Waals surface area contributed by atoms with Gasteiger partial charge in [-0.05, 0) is 49.2 Å². The maximum absolute atomic E-state index is 14.1. The monoisotopic (exact) mass is 739 g/mol. The van der Waals surface area contributed by atoms with E-state index in [1.54, 1.807) is 66.7 Å². The van der Waals surface area contributed by atoms with Crippen molar-refractivity contribution >= 4 is 45.9 Å². The SMILES string of the molecule is C=CC[C@H](Cc1nc2ccccc2o1)C(=O)O[C@H]1[C@@H](OC(=O)Nc2ccccc2)[C@@H](CO)O[C@H](OC)[C@@H]1OC(=O)[C@H](CC=C)Cc1nc2ccccc2o1. The summed E-state index contributed by atoms with van der Waals surface area (Å²) in [6.07, 6.45) is -4.49. The second-order valence-corrected chi connectivity index (χ2v) is 12.6. The van der Waals surface area contributed by atoms with Gasteiger partial charge in [0.05, 0.1) is 18.4 Å². The Hall–Kier alpha value is -5.83. The van der Waals surface area contributed by atoms with E-state index in [4.69, 9.17) is 32.5 Å². The van der Waals surface area contributed by atoms with E-state index in [0.717, 1.165) is 0 Å². The molecule has 7 atom stereocenters. The van der Waals surface area contributed by atoms with Gasteiger partial charge in [-0.1, -0.05) is 54.6 Å². The summed E-state index contributed by atoms with van der Waals surface area (Å²) in [6.45, 7) is 6.92. The van der Waals surface area contributed by atoms with Crippen molar-refractivity contribution in [1.82, 2.24) is 9.97 Å². The fourth-order valence-corrected chi connectivity index (χ4v) is 6.23. The van der Waals surface area contributed by atoms with Gasteiger partial charge in [0.2, 0.25) is 0 Å². The number of allylic oxidation sites excluding steroid dienone is 2. The van der Waals surface area contributed by atoms with Crippen LogP contribution in [0, 0.1) is 11.8 Å². The topological polar surface area (TPSA) is 182 Å². The number of nitrogens with zero attached hydrogens (tertiary/aromatic N) is 2. The van der Waals surface area contributed by atoms with Crippen molar-refractivity contribution in [3.05, 3.63) is 116 Å². The molecule has 3 heterocycles. The molecule has 1 aliphatic rings. The van der Waals surface area contributed by atoms with Gasteiger partial charge >= 0.3 is 18.0 Å². The van der Waals surface area contributed by atoms with E-state index < -0.39 is 67.2 Å². The third-order valence-corrected chi connectivity index (χ3v) is 8.86. The number of para-hydroxylation sites is 5. The highest BCUT2D eigenvalue weighted by Gasteiger charge is 2.53. The van der Waals surface area contributed by atoms with Gasteiger partial charge in [0.1, 0.15) is 17.1 Å². The quantitative estimate of drug-likeness (QED) is 0.0690. The van der Waals surface area contributed by atoms with Crippen LogP contribution in [0.4, 0.5) is 10.5 Å². The number of oxazole rings is 2. The molecule has 5 aromatic rings. The normalized spacial score (nSPS) is 20.8. The number of nitrogens with one attached hydrogen (secondary N) is 1. The van der Waals surface area contributed by atoms with Crippen LogP contribution in [0.1, 0.15) is 24.6 Å². The van der Waals surface area contributed by atoms with E-state index in [1.165, 1.54) is 7.11 Å². The first kappa shape index (κ1) is 37.9. The third-order valence-electron chi connectivity index (χ3n) is 8.86. The predicted molar refractivity (Wildman–Crippen MR) is 195 cm³/mol. The predicted octanol–water partition coefficient (Wildman–Crippen LogP) is 5.94. The molecule has 0 aliphatic carbocycles. The van der Waals surface area contributed by atoms with Crippen molar-refractivity contribution in [2.45, 2.75) is 56.4 Å². The number of aliphatic hydroxyl groups excluding tert-OH is 1. The molecule has 1 aliphatic heterocycles. The van der Waals surface area contributed by atoms with Crippen molar-refractivity contribution in [3.8, 4) is 0 Å². The van der Waals surface area contributed by atoms with Crippen molar-refractivity contribution in [1.29, 1.82) is 0 Å². The molecule has 0 spiro atoms. The van der Waals surface area contributed by atoms with Crippen molar-refractivity contribution in [2.24, 2.45) is 11.8 Å². The summed E-state index contributed by atoms with van der Waals surface area (Å²) in [5.41, 5.74) is 2.77.